The minimum absolute atomic E-state index is 0. The normalized spacial score (nSPS) is 12.2. The van der Waals surface area contributed by atoms with Crippen LogP contribution in [-0.4, -0.2) is 14.1 Å². The Hall–Kier alpha value is -0.440. The predicted octanol–water partition coefficient (Wildman–Crippen LogP) is 3.87. The van der Waals surface area contributed by atoms with Crippen molar-refractivity contribution >= 4 is 29.7 Å². The maximum Gasteiger partial charge on any atom is 0.0474 e. The highest BCUT2D eigenvalue weighted by Crippen LogP contribution is 2.29. The maximum atomic E-state index is 6.25. The quantitative estimate of drug-likeness (QED) is 0.905. The molecule has 0 heterocycles. The van der Waals surface area contributed by atoms with Crippen LogP contribution in [0.25, 0.3) is 0 Å². The van der Waals surface area contributed by atoms with E-state index in [2.05, 4.69) is 19.9 Å². The molecule has 0 aliphatic heterocycles. The summed E-state index contributed by atoms with van der Waals surface area (Å²) in [6.45, 7) is 4.34. The summed E-state index contributed by atoms with van der Waals surface area (Å²) in [5, 5.41) is 0.763. The highest BCUT2D eigenvalue weighted by Gasteiger charge is 2.12. The van der Waals surface area contributed by atoms with Gasteiger partial charge in [0, 0.05) is 30.8 Å². The topological polar surface area (TPSA) is 29.3 Å². The van der Waals surface area contributed by atoms with Crippen LogP contribution < -0.4 is 10.6 Å². The zero-order valence-electron chi connectivity index (χ0n) is 10.9. The fourth-order valence-electron chi connectivity index (χ4n) is 1.73. The third-order valence-electron chi connectivity index (χ3n) is 2.63. The molecule has 17 heavy (non-hydrogen) atoms. The van der Waals surface area contributed by atoms with Gasteiger partial charge in [-0.2, -0.15) is 0 Å². The lowest BCUT2D eigenvalue weighted by Gasteiger charge is -2.18. The summed E-state index contributed by atoms with van der Waals surface area (Å²) in [5.41, 5.74) is 8.27. The largest absolute Gasteiger partial charge is 0.378 e. The summed E-state index contributed by atoms with van der Waals surface area (Å²) in [5.74, 6) is 0.583. The van der Waals surface area contributed by atoms with Crippen molar-refractivity contribution < 1.29 is 0 Å². The predicted molar refractivity (Wildman–Crippen MR) is 79.4 cm³/mol. The maximum absolute atomic E-state index is 6.25. The molecular weight excluding hydrogens is 255 g/mol. The molecule has 1 aromatic carbocycles. The Labute approximate surface area is 116 Å². The molecule has 0 unspecified atom stereocenters. The van der Waals surface area contributed by atoms with Crippen LogP contribution in [0.15, 0.2) is 18.2 Å². The third kappa shape index (κ3) is 4.74. The second-order valence-electron chi connectivity index (χ2n) is 4.84. The van der Waals surface area contributed by atoms with E-state index in [0.717, 1.165) is 22.7 Å². The molecular formula is C13H22Cl2N2. The number of rotatable bonds is 4. The molecule has 0 aliphatic rings. The van der Waals surface area contributed by atoms with Gasteiger partial charge >= 0.3 is 0 Å². The zero-order valence-corrected chi connectivity index (χ0v) is 12.5. The van der Waals surface area contributed by atoms with Crippen LogP contribution in [0.4, 0.5) is 5.69 Å². The van der Waals surface area contributed by atoms with E-state index in [1.54, 1.807) is 0 Å². The van der Waals surface area contributed by atoms with Gasteiger partial charge in [-0.1, -0.05) is 31.5 Å². The van der Waals surface area contributed by atoms with Crippen LogP contribution in [0, 0.1) is 5.92 Å². The number of hydrogen-bond donors (Lipinski definition) is 1. The van der Waals surface area contributed by atoms with Crippen molar-refractivity contribution in [3.05, 3.63) is 28.8 Å². The van der Waals surface area contributed by atoms with Crippen LogP contribution >= 0.6 is 24.0 Å². The fraction of sp³-hybridized carbons (Fsp3) is 0.538. The second-order valence-corrected chi connectivity index (χ2v) is 5.24. The average molecular weight is 277 g/mol. The Morgan fingerprint density at radius 1 is 1.29 bits per heavy atom. The molecule has 0 aromatic heterocycles. The molecule has 0 bridgehead atoms. The van der Waals surface area contributed by atoms with E-state index >= 15 is 0 Å². The summed E-state index contributed by atoms with van der Waals surface area (Å²) >= 11 is 6.25. The average Bonchev–Trinajstić information content (AvgIpc) is 2.15. The number of anilines is 1. The number of nitrogens with two attached hydrogens (primary N) is 1. The molecule has 0 saturated carbocycles. The molecule has 0 amide bonds. The highest BCUT2D eigenvalue weighted by molar-refractivity contribution is 6.31. The van der Waals surface area contributed by atoms with Gasteiger partial charge in [-0.3, -0.25) is 0 Å². The van der Waals surface area contributed by atoms with Crippen molar-refractivity contribution in [1.29, 1.82) is 0 Å². The first-order valence-corrected chi connectivity index (χ1v) is 6.02. The van der Waals surface area contributed by atoms with Gasteiger partial charge in [0.2, 0.25) is 0 Å². The van der Waals surface area contributed by atoms with Gasteiger partial charge < -0.3 is 10.6 Å². The first-order chi connectivity index (χ1) is 7.41. The molecule has 0 fully saturated rings. The zero-order chi connectivity index (χ0) is 12.3. The van der Waals surface area contributed by atoms with E-state index in [1.807, 2.05) is 31.1 Å². The molecule has 2 N–H and O–H groups in total. The molecule has 0 radical (unpaired) electrons. The highest BCUT2D eigenvalue weighted by atomic mass is 35.5. The molecule has 1 atom stereocenters. The van der Waals surface area contributed by atoms with E-state index in [4.69, 9.17) is 17.3 Å². The van der Waals surface area contributed by atoms with Crippen molar-refractivity contribution in [2.24, 2.45) is 11.7 Å². The van der Waals surface area contributed by atoms with Crippen molar-refractivity contribution in [2.45, 2.75) is 26.3 Å². The van der Waals surface area contributed by atoms with E-state index in [1.165, 1.54) is 0 Å². The minimum atomic E-state index is 0. The van der Waals surface area contributed by atoms with Crippen molar-refractivity contribution in [3.8, 4) is 0 Å². The lowest BCUT2D eigenvalue weighted by atomic mass is 9.97. The molecule has 1 rings (SSSR count). The van der Waals surface area contributed by atoms with E-state index in [0.29, 0.717) is 5.92 Å². The standard InChI is InChI=1S/C13H21ClN2.ClH/c1-9(2)7-13(15)11-6-5-10(16(3)4)8-12(11)14;/h5-6,8-9,13H,7,15H2,1-4H3;1H/t13-;/m0./s1. The lowest BCUT2D eigenvalue weighted by Crippen LogP contribution is -2.14. The van der Waals surface area contributed by atoms with Gasteiger partial charge in [0.1, 0.15) is 0 Å². The van der Waals surface area contributed by atoms with Gasteiger partial charge in [-0.05, 0) is 30.0 Å². The van der Waals surface area contributed by atoms with Gasteiger partial charge in [-0.15, -0.1) is 12.4 Å². The molecule has 1 aromatic rings. The molecule has 2 nitrogen and oxygen atoms in total. The Morgan fingerprint density at radius 2 is 1.88 bits per heavy atom. The minimum Gasteiger partial charge on any atom is -0.378 e. The Kier molecular flexibility index (Phi) is 6.91. The Bertz CT molecular complexity index is 351. The first-order valence-electron chi connectivity index (χ1n) is 5.64. The van der Waals surface area contributed by atoms with Crippen molar-refractivity contribution in [2.75, 3.05) is 19.0 Å². The monoisotopic (exact) mass is 276 g/mol. The van der Waals surface area contributed by atoms with Crippen LogP contribution in [0.2, 0.25) is 5.02 Å². The third-order valence-corrected chi connectivity index (χ3v) is 2.95. The molecule has 0 aliphatic carbocycles. The second kappa shape index (κ2) is 7.10. The van der Waals surface area contributed by atoms with Crippen LogP contribution in [-0.2, 0) is 0 Å². The van der Waals surface area contributed by atoms with Gasteiger partial charge in [0.15, 0.2) is 0 Å². The van der Waals surface area contributed by atoms with E-state index in [9.17, 15) is 0 Å². The number of hydrogen-bond acceptors (Lipinski definition) is 2. The van der Waals surface area contributed by atoms with Gasteiger partial charge in [-0.25, -0.2) is 0 Å². The van der Waals surface area contributed by atoms with Crippen LogP contribution in [0.1, 0.15) is 31.9 Å². The SMILES string of the molecule is CC(C)C[C@H](N)c1ccc(N(C)C)cc1Cl.Cl. The Morgan fingerprint density at radius 3 is 2.29 bits per heavy atom. The smallest absolute Gasteiger partial charge is 0.0474 e. The lowest BCUT2D eigenvalue weighted by molar-refractivity contribution is 0.510. The van der Waals surface area contributed by atoms with E-state index in [-0.39, 0.29) is 18.4 Å². The number of benzene rings is 1. The first kappa shape index (κ1) is 16.6. The summed E-state index contributed by atoms with van der Waals surface area (Å²) in [7, 11) is 4.00. The van der Waals surface area contributed by atoms with Crippen molar-refractivity contribution in [3.63, 3.8) is 0 Å². The summed E-state index contributed by atoms with van der Waals surface area (Å²) < 4.78 is 0. The molecule has 98 valence electrons. The number of halogens is 2. The summed E-state index contributed by atoms with van der Waals surface area (Å²) in [4.78, 5) is 2.03. The van der Waals surface area contributed by atoms with Crippen LogP contribution in [0.5, 0.6) is 0 Å². The molecule has 0 saturated heterocycles. The fourth-order valence-corrected chi connectivity index (χ4v) is 2.04. The van der Waals surface area contributed by atoms with Crippen molar-refractivity contribution in [1.82, 2.24) is 0 Å². The van der Waals surface area contributed by atoms with E-state index < -0.39 is 0 Å². The molecule has 4 heteroatoms. The van der Waals surface area contributed by atoms with Crippen LogP contribution in [0.3, 0.4) is 0 Å². The number of nitrogens with zero attached hydrogens (tertiary/aromatic N) is 1. The van der Waals surface area contributed by atoms with Gasteiger partial charge in [0.25, 0.3) is 0 Å². The summed E-state index contributed by atoms with van der Waals surface area (Å²) in [6, 6.07) is 6.09. The molecule has 0 spiro atoms. The summed E-state index contributed by atoms with van der Waals surface area (Å²) in [6.07, 6.45) is 0.959. The Balaban J connectivity index is 0.00000256. The van der Waals surface area contributed by atoms with Gasteiger partial charge in [0.05, 0.1) is 0 Å².